The average molecular weight is 381 g/mol. The molecule has 0 saturated carbocycles. The van der Waals surface area contributed by atoms with Crippen molar-refractivity contribution in [1.29, 1.82) is 0 Å². The summed E-state index contributed by atoms with van der Waals surface area (Å²) in [6.45, 7) is 10.4. The third kappa shape index (κ3) is 6.08. The van der Waals surface area contributed by atoms with E-state index < -0.39 is 0 Å². The molecule has 28 heavy (non-hydrogen) atoms. The number of nitrogens with zero attached hydrogens (tertiary/aromatic N) is 2. The van der Waals surface area contributed by atoms with Gasteiger partial charge in [0.1, 0.15) is 0 Å². The van der Waals surface area contributed by atoms with Crippen molar-refractivity contribution in [3.63, 3.8) is 0 Å². The van der Waals surface area contributed by atoms with Crippen molar-refractivity contribution in [3.05, 3.63) is 71.3 Å². The molecule has 2 aromatic rings. The monoisotopic (exact) mass is 380 g/mol. The van der Waals surface area contributed by atoms with E-state index >= 15 is 0 Å². The van der Waals surface area contributed by atoms with Crippen LogP contribution in [-0.4, -0.2) is 43.7 Å². The third-order valence-corrected chi connectivity index (χ3v) is 5.02. The highest BCUT2D eigenvalue weighted by molar-refractivity contribution is 5.80. The zero-order chi connectivity index (χ0) is 19.6. The van der Waals surface area contributed by atoms with Crippen LogP contribution in [0.1, 0.15) is 36.6 Å². The Labute approximate surface area is 168 Å². The average Bonchev–Trinajstić information content (AvgIpc) is 2.74. The predicted octanol–water partition coefficient (Wildman–Crippen LogP) is 3.34. The highest BCUT2D eigenvalue weighted by Gasteiger charge is 2.13. The fourth-order valence-electron chi connectivity index (χ4n) is 3.38. The molecule has 0 amide bonds. The standard InChI is InChI=1S/C23H32N4O/c1-3-24-23(26-19(2)20-9-5-4-6-10-20)25-17-21-11-7-8-12-22(21)18-27-13-15-28-16-14-27/h4-12,19H,3,13-18H2,1-2H3,(H2,24,25,26). The fourth-order valence-corrected chi connectivity index (χ4v) is 3.38. The van der Waals surface area contributed by atoms with Gasteiger partial charge in [-0.25, -0.2) is 4.99 Å². The summed E-state index contributed by atoms with van der Waals surface area (Å²) >= 11 is 0. The Kier molecular flexibility index (Phi) is 7.88. The molecule has 3 rings (SSSR count). The Balaban J connectivity index is 1.67. The highest BCUT2D eigenvalue weighted by atomic mass is 16.5. The number of benzene rings is 2. The molecule has 1 heterocycles. The molecule has 1 atom stereocenters. The largest absolute Gasteiger partial charge is 0.379 e. The lowest BCUT2D eigenvalue weighted by molar-refractivity contribution is 0.0341. The van der Waals surface area contributed by atoms with Crippen molar-refractivity contribution in [2.75, 3.05) is 32.8 Å². The van der Waals surface area contributed by atoms with Gasteiger partial charge < -0.3 is 15.4 Å². The van der Waals surface area contributed by atoms with E-state index in [9.17, 15) is 0 Å². The minimum Gasteiger partial charge on any atom is -0.379 e. The van der Waals surface area contributed by atoms with Crippen LogP contribution in [0.25, 0.3) is 0 Å². The Morgan fingerprint density at radius 2 is 1.71 bits per heavy atom. The van der Waals surface area contributed by atoms with Crippen LogP contribution in [0, 0.1) is 0 Å². The van der Waals surface area contributed by atoms with Gasteiger partial charge in [-0.2, -0.15) is 0 Å². The number of rotatable bonds is 7. The van der Waals surface area contributed by atoms with Crippen LogP contribution in [-0.2, 0) is 17.8 Å². The number of nitrogens with one attached hydrogen (secondary N) is 2. The topological polar surface area (TPSA) is 48.9 Å². The molecule has 1 unspecified atom stereocenters. The lowest BCUT2D eigenvalue weighted by Crippen LogP contribution is -2.38. The van der Waals surface area contributed by atoms with E-state index in [1.165, 1.54) is 16.7 Å². The van der Waals surface area contributed by atoms with Crippen LogP contribution in [0.3, 0.4) is 0 Å². The summed E-state index contributed by atoms with van der Waals surface area (Å²) < 4.78 is 5.47. The molecule has 0 radical (unpaired) electrons. The van der Waals surface area contributed by atoms with Gasteiger partial charge in [-0.1, -0.05) is 54.6 Å². The smallest absolute Gasteiger partial charge is 0.192 e. The number of morpholine rings is 1. The van der Waals surface area contributed by atoms with Gasteiger partial charge in [0.2, 0.25) is 0 Å². The molecular formula is C23H32N4O. The predicted molar refractivity (Wildman–Crippen MR) is 115 cm³/mol. The summed E-state index contributed by atoms with van der Waals surface area (Å²) in [6.07, 6.45) is 0. The Bertz CT molecular complexity index is 741. The Morgan fingerprint density at radius 1 is 1.04 bits per heavy atom. The number of guanidine groups is 1. The molecular weight excluding hydrogens is 348 g/mol. The number of aliphatic imine (C=N–C) groups is 1. The molecule has 150 valence electrons. The first-order chi connectivity index (χ1) is 13.8. The maximum absolute atomic E-state index is 5.47. The fraction of sp³-hybridized carbons (Fsp3) is 0.435. The number of hydrogen-bond donors (Lipinski definition) is 2. The van der Waals surface area contributed by atoms with Crippen LogP contribution >= 0.6 is 0 Å². The Hall–Kier alpha value is -2.37. The molecule has 5 heteroatoms. The molecule has 0 spiro atoms. The van der Waals surface area contributed by atoms with E-state index in [-0.39, 0.29) is 6.04 Å². The van der Waals surface area contributed by atoms with E-state index in [0.717, 1.165) is 45.4 Å². The summed E-state index contributed by atoms with van der Waals surface area (Å²) in [5.41, 5.74) is 3.87. The second-order valence-corrected chi connectivity index (χ2v) is 7.13. The first-order valence-electron chi connectivity index (χ1n) is 10.2. The summed E-state index contributed by atoms with van der Waals surface area (Å²) in [6, 6.07) is 19.3. The highest BCUT2D eigenvalue weighted by Crippen LogP contribution is 2.15. The minimum absolute atomic E-state index is 0.197. The molecule has 1 aliphatic heterocycles. The van der Waals surface area contributed by atoms with Gasteiger partial charge in [0.15, 0.2) is 5.96 Å². The molecule has 1 aliphatic rings. The minimum atomic E-state index is 0.197. The summed E-state index contributed by atoms with van der Waals surface area (Å²) in [7, 11) is 0. The van der Waals surface area contributed by atoms with Crippen molar-refractivity contribution in [2.24, 2.45) is 4.99 Å². The van der Waals surface area contributed by atoms with E-state index in [1.807, 2.05) is 6.07 Å². The summed E-state index contributed by atoms with van der Waals surface area (Å²) in [5, 5.41) is 6.88. The van der Waals surface area contributed by atoms with Crippen LogP contribution in [0.4, 0.5) is 0 Å². The maximum atomic E-state index is 5.47. The van der Waals surface area contributed by atoms with Gasteiger partial charge in [-0.05, 0) is 30.5 Å². The first kappa shape index (κ1) is 20.4. The molecule has 2 N–H and O–H groups in total. The molecule has 5 nitrogen and oxygen atoms in total. The van der Waals surface area contributed by atoms with Gasteiger partial charge >= 0.3 is 0 Å². The summed E-state index contributed by atoms with van der Waals surface area (Å²) in [5.74, 6) is 0.847. The van der Waals surface area contributed by atoms with Crippen molar-refractivity contribution in [1.82, 2.24) is 15.5 Å². The van der Waals surface area contributed by atoms with E-state index in [1.54, 1.807) is 0 Å². The molecule has 0 bridgehead atoms. The molecule has 1 fully saturated rings. The quantitative estimate of drug-likeness (QED) is 0.571. The maximum Gasteiger partial charge on any atom is 0.192 e. The normalized spacial score (nSPS) is 16.6. The van der Waals surface area contributed by atoms with Gasteiger partial charge in [-0.15, -0.1) is 0 Å². The van der Waals surface area contributed by atoms with Gasteiger partial charge in [0.25, 0.3) is 0 Å². The third-order valence-electron chi connectivity index (χ3n) is 5.02. The van der Waals surface area contributed by atoms with Gasteiger partial charge in [-0.3, -0.25) is 4.90 Å². The molecule has 1 saturated heterocycles. The molecule has 0 aliphatic carbocycles. The Morgan fingerprint density at radius 3 is 2.43 bits per heavy atom. The van der Waals surface area contributed by atoms with E-state index in [0.29, 0.717) is 6.54 Å². The van der Waals surface area contributed by atoms with Crippen molar-refractivity contribution in [3.8, 4) is 0 Å². The first-order valence-corrected chi connectivity index (χ1v) is 10.2. The second-order valence-electron chi connectivity index (χ2n) is 7.13. The zero-order valence-electron chi connectivity index (χ0n) is 17.0. The van der Waals surface area contributed by atoms with Gasteiger partial charge in [0.05, 0.1) is 25.8 Å². The zero-order valence-corrected chi connectivity index (χ0v) is 17.0. The van der Waals surface area contributed by atoms with Gasteiger partial charge in [0, 0.05) is 26.2 Å². The van der Waals surface area contributed by atoms with E-state index in [4.69, 9.17) is 9.73 Å². The van der Waals surface area contributed by atoms with Crippen LogP contribution in [0.2, 0.25) is 0 Å². The van der Waals surface area contributed by atoms with Crippen LogP contribution in [0.15, 0.2) is 59.6 Å². The number of ether oxygens (including phenoxy) is 1. The lowest BCUT2D eigenvalue weighted by atomic mass is 10.1. The van der Waals surface area contributed by atoms with Crippen molar-refractivity contribution < 1.29 is 4.74 Å². The summed E-state index contributed by atoms with van der Waals surface area (Å²) in [4.78, 5) is 7.31. The second kappa shape index (κ2) is 10.8. The van der Waals surface area contributed by atoms with E-state index in [2.05, 4.69) is 77.9 Å². The number of hydrogen-bond acceptors (Lipinski definition) is 3. The molecule has 0 aromatic heterocycles. The van der Waals surface area contributed by atoms with Crippen LogP contribution in [0.5, 0.6) is 0 Å². The van der Waals surface area contributed by atoms with Crippen molar-refractivity contribution in [2.45, 2.75) is 33.0 Å². The SMILES string of the molecule is CCNC(=NCc1ccccc1CN1CCOCC1)NC(C)c1ccccc1. The van der Waals surface area contributed by atoms with Crippen molar-refractivity contribution >= 4 is 5.96 Å². The van der Waals surface area contributed by atoms with Crippen LogP contribution < -0.4 is 10.6 Å². The lowest BCUT2D eigenvalue weighted by Gasteiger charge is -2.27. The molecule has 2 aromatic carbocycles.